The molecule has 3 aromatic rings. The number of hydrogen-bond acceptors (Lipinski definition) is 4. The highest BCUT2D eigenvalue weighted by Crippen LogP contribution is 2.41. The van der Waals surface area contributed by atoms with E-state index in [0.29, 0.717) is 28.2 Å². The lowest BCUT2D eigenvalue weighted by molar-refractivity contribution is -0.116. The van der Waals surface area contributed by atoms with Crippen molar-refractivity contribution in [2.24, 2.45) is 0 Å². The van der Waals surface area contributed by atoms with E-state index in [1.165, 1.54) is 10.7 Å². The van der Waals surface area contributed by atoms with Crippen LogP contribution in [0.3, 0.4) is 0 Å². The molecule has 8 heteroatoms. The third-order valence-corrected chi connectivity index (χ3v) is 4.63. The average Bonchev–Trinajstić information content (AvgIpc) is 3.40. The second kappa shape index (κ2) is 6.68. The van der Waals surface area contributed by atoms with Gasteiger partial charge in [-0.1, -0.05) is 0 Å². The lowest BCUT2D eigenvalue weighted by Gasteiger charge is -2.08. The molecule has 0 spiro atoms. The Morgan fingerprint density at radius 1 is 1.33 bits per heavy atom. The SMILES string of the molecule is Cc1ccnc(NC(=O)Cn2nc(C)c3c(C(F)F)cc(C4CC4)nc32)c1. The van der Waals surface area contributed by atoms with Crippen LogP contribution in [0.1, 0.15) is 47.7 Å². The molecule has 6 nitrogen and oxygen atoms in total. The number of nitrogens with zero attached hydrogens (tertiary/aromatic N) is 4. The van der Waals surface area contributed by atoms with E-state index >= 15 is 0 Å². The van der Waals surface area contributed by atoms with Crippen LogP contribution in [0.5, 0.6) is 0 Å². The van der Waals surface area contributed by atoms with Crippen molar-refractivity contribution in [2.45, 2.75) is 45.6 Å². The van der Waals surface area contributed by atoms with E-state index in [9.17, 15) is 13.6 Å². The molecule has 1 aliphatic carbocycles. The standard InChI is InChI=1S/C19H19F2N5O/c1-10-5-6-22-15(7-10)24-16(27)9-26-19-17(11(2)25-26)13(18(20)21)8-14(23-19)12-3-4-12/h5-8,12,18H,3-4,9H2,1-2H3,(H,22,24,27). The third-order valence-electron chi connectivity index (χ3n) is 4.63. The van der Waals surface area contributed by atoms with Gasteiger partial charge in [-0.15, -0.1) is 0 Å². The molecule has 1 saturated carbocycles. The Hall–Kier alpha value is -2.90. The van der Waals surface area contributed by atoms with Gasteiger partial charge in [-0.05, 0) is 50.5 Å². The molecule has 0 unspecified atom stereocenters. The van der Waals surface area contributed by atoms with Crippen molar-refractivity contribution in [2.75, 3.05) is 5.32 Å². The second-order valence-corrected chi connectivity index (χ2v) is 6.92. The number of rotatable bonds is 5. The Morgan fingerprint density at radius 2 is 2.11 bits per heavy atom. The average molecular weight is 371 g/mol. The predicted molar refractivity (Wildman–Crippen MR) is 96.8 cm³/mol. The Morgan fingerprint density at radius 3 is 2.78 bits per heavy atom. The largest absolute Gasteiger partial charge is 0.309 e. The second-order valence-electron chi connectivity index (χ2n) is 6.92. The van der Waals surface area contributed by atoms with Crippen molar-refractivity contribution in [1.82, 2.24) is 19.7 Å². The smallest absolute Gasteiger partial charge is 0.264 e. The lowest BCUT2D eigenvalue weighted by atomic mass is 10.1. The number of amides is 1. The highest BCUT2D eigenvalue weighted by atomic mass is 19.3. The molecule has 3 aromatic heterocycles. The first-order valence-corrected chi connectivity index (χ1v) is 8.81. The van der Waals surface area contributed by atoms with Crippen LogP contribution in [-0.2, 0) is 11.3 Å². The number of carbonyl (C=O) groups is 1. The molecule has 1 amide bonds. The van der Waals surface area contributed by atoms with E-state index in [-0.39, 0.29) is 23.9 Å². The van der Waals surface area contributed by atoms with Gasteiger partial charge in [0.1, 0.15) is 12.4 Å². The molecule has 0 radical (unpaired) electrons. The molecule has 0 bridgehead atoms. The summed E-state index contributed by atoms with van der Waals surface area (Å²) < 4.78 is 28.6. The number of carbonyl (C=O) groups excluding carboxylic acids is 1. The Labute approximate surface area is 154 Å². The molecule has 0 aromatic carbocycles. The van der Waals surface area contributed by atoms with Gasteiger partial charge < -0.3 is 5.32 Å². The fourth-order valence-corrected chi connectivity index (χ4v) is 3.20. The molecule has 0 atom stereocenters. The van der Waals surface area contributed by atoms with Crippen molar-refractivity contribution in [3.05, 3.63) is 46.9 Å². The summed E-state index contributed by atoms with van der Waals surface area (Å²) in [4.78, 5) is 21.1. The number of aryl methyl sites for hydroxylation is 2. The molecule has 1 fully saturated rings. The number of hydrogen-bond donors (Lipinski definition) is 1. The first-order valence-electron chi connectivity index (χ1n) is 8.81. The molecule has 1 N–H and O–H groups in total. The highest BCUT2D eigenvalue weighted by Gasteiger charge is 2.29. The summed E-state index contributed by atoms with van der Waals surface area (Å²) in [5.41, 5.74) is 2.33. The van der Waals surface area contributed by atoms with Gasteiger partial charge in [-0.2, -0.15) is 5.10 Å². The molecular formula is C19H19F2N5O. The van der Waals surface area contributed by atoms with E-state index < -0.39 is 6.43 Å². The quantitative estimate of drug-likeness (QED) is 0.738. The van der Waals surface area contributed by atoms with E-state index in [1.54, 1.807) is 19.2 Å². The molecule has 0 saturated heterocycles. The zero-order valence-corrected chi connectivity index (χ0v) is 15.0. The van der Waals surface area contributed by atoms with Crippen molar-refractivity contribution < 1.29 is 13.6 Å². The van der Waals surface area contributed by atoms with Gasteiger partial charge in [0.25, 0.3) is 6.43 Å². The third kappa shape index (κ3) is 3.51. The van der Waals surface area contributed by atoms with Gasteiger partial charge in [0.2, 0.25) is 5.91 Å². The van der Waals surface area contributed by atoms with Crippen LogP contribution in [0.25, 0.3) is 11.0 Å². The minimum absolute atomic E-state index is 0.0635. The fraction of sp³-hybridized carbons (Fsp3) is 0.368. The molecule has 27 heavy (non-hydrogen) atoms. The van der Waals surface area contributed by atoms with Crippen LogP contribution in [0.4, 0.5) is 14.6 Å². The minimum atomic E-state index is -2.62. The van der Waals surface area contributed by atoms with E-state index in [4.69, 9.17) is 0 Å². The maximum atomic E-state index is 13.6. The van der Waals surface area contributed by atoms with Gasteiger partial charge in [0, 0.05) is 23.4 Å². The summed E-state index contributed by atoms with van der Waals surface area (Å²) in [5, 5.41) is 7.33. The zero-order valence-electron chi connectivity index (χ0n) is 15.0. The summed E-state index contributed by atoms with van der Waals surface area (Å²) in [6, 6.07) is 5.07. The first-order chi connectivity index (χ1) is 12.9. The van der Waals surface area contributed by atoms with Crippen LogP contribution in [0.2, 0.25) is 0 Å². The maximum absolute atomic E-state index is 13.6. The van der Waals surface area contributed by atoms with Crippen LogP contribution in [0.15, 0.2) is 24.4 Å². The number of pyridine rings is 2. The summed E-state index contributed by atoms with van der Waals surface area (Å²) in [5.74, 6) is 0.323. The number of alkyl halides is 2. The number of anilines is 1. The summed E-state index contributed by atoms with van der Waals surface area (Å²) >= 11 is 0. The van der Waals surface area contributed by atoms with Gasteiger partial charge >= 0.3 is 0 Å². The maximum Gasteiger partial charge on any atom is 0.264 e. The summed E-state index contributed by atoms with van der Waals surface area (Å²) in [7, 11) is 0. The van der Waals surface area contributed by atoms with Crippen molar-refractivity contribution >= 4 is 22.8 Å². The number of halogens is 2. The first kappa shape index (κ1) is 17.5. The Balaban J connectivity index is 1.68. The predicted octanol–water partition coefficient (Wildman–Crippen LogP) is 3.90. The summed E-state index contributed by atoms with van der Waals surface area (Å²) in [6.45, 7) is 3.43. The van der Waals surface area contributed by atoms with E-state index in [0.717, 1.165) is 18.4 Å². The zero-order chi connectivity index (χ0) is 19.1. The van der Waals surface area contributed by atoms with Crippen molar-refractivity contribution in [1.29, 1.82) is 0 Å². The van der Waals surface area contributed by atoms with Crippen LogP contribution in [-0.4, -0.2) is 25.7 Å². The molecule has 0 aliphatic heterocycles. The Bertz CT molecular complexity index is 1030. The highest BCUT2D eigenvalue weighted by molar-refractivity contribution is 5.91. The fourth-order valence-electron chi connectivity index (χ4n) is 3.20. The van der Waals surface area contributed by atoms with Crippen LogP contribution < -0.4 is 5.32 Å². The molecule has 140 valence electrons. The van der Waals surface area contributed by atoms with Gasteiger partial charge in [-0.3, -0.25) is 4.79 Å². The summed E-state index contributed by atoms with van der Waals surface area (Å²) in [6.07, 6.45) is 0.896. The molecular weight excluding hydrogens is 352 g/mol. The van der Waals surface area contributed by atoms with E-state index in [2.05, 4.69) is 20.4 Å². The minimum Gasteiger partial charge on any atom is -0.309 e. The molecule has 4 rings (SSSR count). The Kier molecular flexibility index (Phi) is 4.33. The van der Waals surface area contributed by atoms with Gasteiger partial charge in [0.15, 0.2) is 5.65 Å². The number of aromatic nitrogens is 4. The van der Waals surface area contributed by atoms with Crippen molar-refractivity contribution in [3.63, 3.8) is 0 Å². The van der Waals surface area contributed by atoms with Gasteiger partial charge in [-0.25, -0.2) is 23.4 Å². The van der Waals surface area contributed by atoms with Crippen LogP contribution >= 0.6 is 0 Å². The molecule has 3 heterocycles. The van der Waals surface area contributed by atoms with E-state index in [1.807, 2.05) is 13.0 Å². The number of fused-ring (bicyclic) bond motifs is 1. The van der Waals surface area contributed by atoms with Crippen LogP contribution in [0, 0.1) is 13.8 Å². The normalized spacial score (nSPS) is 14.1. The van der Waals surface area contributed by atoms with Crippen molar-refractivity contribution in [3.8, 4) is 0 Å². The topological polar surface area (TPSA) is 72.7 Å². The lowest BCUT2D eigenvalue weighted by Crippen LogP contribution is -2.20. The van der Waals surface area contributed by atoms with Gasteiger partial charge in [0.05, 0.1) is 11.1 Å². The monoisotopic (exact) mass is 371 g/mol. The number of nitrogens with one attached hydrogen (secondary N) is 1. The molecule has 1 aliphatic rings.